The molecule has 0 aliphatic rings. The number of esters is 1. The minimum absolute atomic E-state index is 0.265. The third-order valence-corrected chi connectivity index (χ3v) is 5.80. The van der Waals surface area contributed by atoms with E-state index in [1.807, 2.05) is 67.1 Å². The molecule has 0 bridgehead atoms. The number of ether oxygens (including phenoxy) is 1. The first kappa shape index (κ1) is 21.5. The number of imidazole rings is 1. The van der Waals surface area contributed by atoms with Crippen LogP contribution in [0.25, 0.3) is 0 Å². The molecule has 0 saturated heterocycles. The van der Waals surface area contributed by atoms with Crippen molar-refractivity contribution < 1.29 is 9.53 Å². The molecule has 1 heterocycles. The Morgan fingerprint density at radius 3 is 1.72 bits per heavy atom. The van der Waals surface area contributed by atoms with Crippen LogP contribution in [0.3, 0.4) is 0 Å². The van der Waals surface area contributed by atoms with E-state index >= 15 is 0 Å². The van der Waals surface area contributed by atoms with Crippen LogP contribution in [0.2, 0.25) is 0 Å². The maximum atomic E-state index is 12.1. The number of carbonyl (C=O) groups is 1. The number of rotatable bonds is 7. The molecule has 0 radical (unpaired) electrons. The summed E-state index contributed by atoms with van der Waals surface area (Å²) in [5.74, 6) is -0.465. The van der Waals surface area contributed by atoms with Gasteiger partial charge in [-0.05, 0) is 23.6 Å². The molecule has 162 valence electrons. The monoisotopic (exact) mass is 425 g/mol. The van der Waals surface area contributed by atoms with Gasteiger partial charge in [0.2, 0.25) is 0 Å². The number of benzene rings is 3. The second-order valence-electron chi connectivity index (χ2n) is 8.17. The summed E-state index contributed by atoms with van der Waals surface area (Å²) in [5, 5.41) is 0. The number of nitrogens with zero attached hydrogens (tertiary/aromatic N) is 2. The molecule has 1 aromatic heterocycles. The van der Waals surface area contributed by atoms with Crippen molar-refractivity contribution in [1.29, 1.82) is 0 Å². The van der Waals surface area contributed by atoms with E-state index in [4.69, 9.17) is 10.5 Å². The standard InChI is InChI=1S/C27H27N3O2/c1-26(28,25(31)32-2)18-24-19-30(20-29-24)27(21-12-6-3-7-13-21,22-14-8-4-9-15-22)23-16-10-5-11-17-23/h3-17,19-20H,18,28H2,1-2H3/t26-/m0/s1. The lowest BCUT2D eigenvalue weighted by atomic mass is 9.76. The van der Waals surface area contributed by atoms with E-state index in [1.54, 1.807) is 6.92 Å². The van der Waals surface area contributed by atoms with Gasteiger partial charge in [0, 0.05) is 12.6 Å². The van der Waals surface area contributed by atoms with Crippen molar-refractivity contribution in [2.45, 2.75) is 24.4 Å². The first-order chi connectivity index (χ1) is 15.5. The highest BCUT2D eigenvalue weighted by Crippen LogP contribution is 2.40. The van der Waals surface area contributed by atoms with Crippen molar-refractivity contribution in [3.63, 3.8) is 0 Å². The Morgan fingerprint density at radius 1 is 0.875 bits per heavy atom. The Labute approximate surface area is 188 Å². The Balaban J connectivity index is 1.94. The highest BCUT2D eigenvalue weighted by Gasteiger charge is 2.39. The number of nitrogens with two attached hydrogens (primary N) is 1. The number of hydrogen-bond acceptors (Lipinski definition) is 4. The molecule has 0 fully saturated rings. The van der Waals surface area contributed by atoms with Crippen LogP contribution in [0, 0.1) is 0 Å². The van der Waals surface area contributed by atoms with Crippen molar-refractivity contribution in [2.24, 2.45) is 5.73 Å². The summed E-state index contributed by atoms with van der Waals surface area (Å²) in [7, 11) is 1.34. The first-order valence-electron chi connectivity index (χ1n) is 10.6. The summed E-state index contributed by atoms with van der Waals surface area (Å²) in [6, 6.07) is 31.1. The Morgan fingerprint density at radius 2 is 1.31 bits per heavy atom. The number of hydrogen-bond donors (Lipinski definition) is 1. The lowest BCUT2D eigenvalue weighted by molar-refractivity contribution is -0.146. The Hall–Kier alpha value is -3.70. The fourth-order valence-electron chi connectivity index (χ4n) is 4.31. The second kappa shape index (κ2) is 8.81. The van der Waals surface area contributed by atoms with E-state index < -0.39 is 17.0 Å². The minimum Gasteiger partial charge on any atom is -0.468 e. The van der Waals surface area contributed by atoms with Gasteiger partial charge in [-0.25, -0.2) is 4.98 Å². The number of methoxy groups -OCH3 is 1. The second-order valence-corrected chi connectivity index (χ2v) is 8.17. The zero-order valence-corrected chi connectivity index (χ0v) is 18.3. The lowest BCUT2D eigenvalue weighted by Gasteiger charge is -2.37. The van der Waals surface area contributed by atoms with Gasteiger partial charge in [-0.1, -0.05) is 91.0 Å². The molecule has 3 aromatic carbocycles. The van der Waals surface area contributed by atoms with Crippen molar-refractivity contribution in [3.8, 4) is 0 Å². The van der Waals surface area contributed by atoms with Gasteiger partial charge in [-0.15, -0.1) is 0 Å². The van der Waals surface area contributed by atoms with Crippen LogP contribution in [0.5, 0.6) is 0 Å². The predicted octanol–water partition coefficient (Wildman–Crippen LogP) is 4.16. The molecule has 0 aliphatic heterocycles. The van der Waals surface area contributed by atoms with E-state index in [2.05, 4.69) is 45.9 Å². The van der Waals surface area contributed by atoms with Gasteiger partial charge in [-0.3, -0.25) is 4.79 Å². The molecule has 1 atom stereocenters. The maximum Gasteiger partial charge on any atom is 0.325 e. The van der Waals surface area contributed by atoms with Gasteiger partial charge in [0.05, 0.1) is 19.1 Å². The maximum absolute atomic E-state index is 12.1. The normalized spacial score (nSPS) is 13.3. The molecule has 0 unspecified atom stereocenters. The van der Waals surface area contributed by atoms with Crippen LogP contribution >= 0.6 is 0 Å². The largest absolute Gasteiger partial charge is 0.468 e. The molecule has 0 amide bonds. The molecular weight excluding hydrogens is 398 g/mol. The van der Waals surface area contributed by atoms with Crippen molar-refractivity contribution in [1.82, 2.24) is 9.55 Å². The predicted molar refractivity (Wildman–Crippen MR) is 125 cm³/mol. The molecule has 5 heteroatoms. The highest BCUT2D eigenvalue weighted by atomic mass is 16.5. The van der Waals surface area contributed by atoms with Gasteiger partial charge in [-0.2, -0.15) is 0 Å². The molecule has 0 aliphatic carbocycles. The van der Waals surface area contributed by atoms with Gasteiger partial charge in [0.25, 0.3) is 0 Å². The third kappa shape index (κ3) is 3.83. The van der Waals surface area contributed by atoms with Gasteiger partial charge >= 0.3 is 5.97 Å². The lowest BCUT2D eigenvalue weighted by Crippen LogP contribution is -2.47. The molecule has 2 N–H and O–H groups in total. The highest BCUT2D eigenvalue weighted by molar-refractivity contribution is 5.80. The van der Waals surface area contributed by atoms with E-state index in [-0.39, 0.29) is 6.42 Å². The van der Waals surface area contributed by atoms with E-state index in [9.17, 15) is 4.79 Å². The van der Waals surface area contributed by atoms with Gasteiger partial charge < -0.3 is 15.0 Å². The molecular formula is C27H27N3O2. The Bertz CT molecular complexity index is 1070. The molecule has 0 spiro atoms. The van der Waals surface area contributed by atoms with Gasteiger partial charge in [0.15, 0.2) is 0 Å². The van der Waals surface area contributed by atoms with Crippen molar-refractivity contribution >= 4 is 5.97 Å². The molecule has 4 aromatic rings. The molecule has 32 heavy (non-hydrogen) atoms. The summed E-state index contributed by atoms with van der Waals surface area (Å²) in [5.41, 5.74) is 8.44. The average molecular weight is 426 g/mol. The zero-order valence-electron chi connectivity index (χ0n) is 18.3. The van der Waals surface area contributed by atoms with Crippen molar-refractivity contribution in [3.05, 3.63) is 126 Å². The molecule has 0 saturated carbocycles. The molecule has 5 nitrogen and oxygen atoms in total. The first-order valence-corrected chi connectivity index (χ1v) is 10.6. The van der Waals surface area contributed by atoms with E-state index in [1.165, 1.54) is 7.11 Å². The summed E-state index contributed by atoms with van der Waals surface area (Å²) in [6.45, 7) is 1.66. The minimum atomic E-state index is -1.16. The number of aromatic nitrogens is 2. The SMILES string of the molecule is COC(=O)[C@@](C)(N)Cc1cn(C(c2ccccc2)(c2ccccc2)c2ccccc2)cn1. The topological polar surface area (TPSA) is 70.1 Å². The third-order valence-electron chi connectivity index (χ3n) is 5.80. The van der Waals surface area contributed by atoms with Crippen LogP contribution in [0.1, 0.15) is 29.3 Å². The van der Waals surface area contributed by atoms with Crippen LogP contribution in [-0.2, 0) is 21.5 Å². The summed E-state index contributed by atoms with van der Waals surface area (Å²) in [4.78, 5) is 16.8. The summed E-state index contributed by atoms with van der Waals surface area (Å²) < 4.78 is 6.98. The van der Waals surface area contributed by atoms with Crippen LogP contribution in [-0.4, -0.2) is 28.2 Å². The fourth-order valence-corrected chi connectivity index (χ4v) is 4.31. The van der Waals surface area contributed by atoms with E-state index in [0.717, 1.165) is 16.7 Å². The quantitative estimate of drug-likeness (QED) is 0.357. The average Bonchev–Trinajstić information content (AvgIpc) is 3.29. The molecule has 4 rings (SSSR count). The van der Waals surface area contributed by atoms with Crippen LogP contribution in [0.4, 0.5) is 0 Å². The summed E-state index contributed by atoms with van der Waals surface area (Å²) in [6.07, 6.45) is 4.05. The van der Waals surface area contributed by atoms with Crippen LogP contribution in [0.15, 0.2) is 104 Å². The Kier molecular flexibility index (Phi) is 5.93. The van der Waals surface area contributed by atoms with E-state index in [0.29, 0.717) is 5.69 Å². The summed E-state index contributed by atoms with van der Waals surface area (Å²) >= 11 is 0. The van der Waals surface area contributed by atoms with Crippen LogP contribution < -0.4 is 5.73 Å². The zero-order chi connectivity index (χ0) is 22.6. The van der Waals surface area contributed by atoms with Gasteiger partial charge in [0.1, 0.15) is 11.1 Å². The van der Waals surface area contributed by atoms with Crippen molar-refractivity contribution in [2.75, 3.05) is 7.11 Å². The smallest absolute Gasteiger partial charge is 0.325 e. The number of carbonyl (C=O) groups excluding carboxylic acids is 1. The fraction of sp³-hybridized carbons (Fsp3) is 0.185.